The Labute approximate surface area is 101 Å². The van der Waals surface area contributed by atoms with E-state index < -0.39 is 11.4 Å². The normalized spacial score (nSPS) is 11.1. The van der Waals surface area contributed by atoms with Crippen LogP contribution < -0.4 is 4.90 Å². The minimum absolute atomic E-state index is 0.286. The first-order valence-corrected chi connectivity index (χ1v) is 5.53. The highest BCUT2D eigenvalue weighted by Gasteiger charge is 2.18. The number of benzene rings is 1. The molecule has 1 rings (SSSR count). The van der Waals surface area contributed by atoms with Crippen LogP contribution in [0.5, 0.6) is 0 Å². The van der Waals surface area contributed by atoms with Crippen molar-refractivity contribution in [2.45, 2.75) is 26.4 Å². The Morgan fingerprint density at radius 2 is 2.06 bits per heavy atom. The van der Waals surface area contributed by atoms with Crippen molar-refractivity contribution in [2.24, 2.45) is 0 Å². The van der Waals surface area contributed by atoms with Crippen LogP contribution in [-0.2, 0) is 0 Å². The van der Waals surface area contributed by atoms with Crippen molar-refractivity contribution in [3.05, 3.63) is 29.6 Å². The van der Waals surface area contributed by atoms with E-state index in [4.69, 9.17) is 5.26 Å². The molecule has 0 fully saturated rings. The molecule has 0 heterocycles. The molecule has 0 aliphatic rings. The van der Waals surface area contributed by atoms with E-state index in [9.17, 15) is 9.50 Å². The number of likely N-dealkylation sites (N-methyl/N-ethyl adjacent to an activating group) is 1. The quantitative estimate of drug-likeness (QED) is 0.872. The van der Waals surface area contributed by atoms with Crippen molar-refractivity contribution in [1.29, 1.82) is 5.26 Å². The van der Waals surface area contributed by atoms with Gasteiger partial charge in [0.1, 0.15) is 5.82 Å². The Morgan fingerprint density at radius 3 is 2.53 bits per heavy atom. The van der Waals surface area contributed by atoms with E-state index in [0.29, 0.717) is 18.8 Å². The molecule has 0 amide bonds. The molecule has 0 unspecified atom stereocenters. The molecule has 4 heteroatoms. The van der Waals surface area contributed by atoms with E-state index in [-0.39, 0.29) is 5.56 Å². The first-order chi connectivity index (χ1) is 7.85. The minimum Gasteiger partial charge on any atom is -0.389 e. The van der Waals surface area contributed by atoms with Gasteiger partial charge in [-0.05, 0) is 39.0 Å². The number of aliphatic hydroxyl groups is 1. The van der Waals surface area contributed by atoms with Gasteiger partial charge in [0, 0.05) is 18.8 Å². The summed E-state index contributed by atoms with van der Waals surface area (Å²) in [5.41, 5.74) is 0.0372. The van der Waals surface area contributed by atoms with Crippen LogP contribution >= 0.6 is 0 Å². The topological polar surface area (TPSA) is 47.3 Å². The zero-order chi connectivity index (χ0) is 13.1. The molecular weight excluding hydrogens is 219 g/mol. The predicted octanol–water partition coefficient (Wildman–Crippen LogP) is 2.29. The average Bonchev–Trinajstić information content (AvgIpc) is 2.23. The fourth-order valence-corrected chi connectivity index (χ4v) is 1.67. The van der Waals surface area contributed by atoms with Gasteiger partial charge < -0.3 is 10.0 Å². The molecule has 0 saturated carbocycles. The molecule has 0 aliphatic heterocycles. The van der Waals surface area contributed by atoms with Crippen molar-refractivity contribution < 1.29 is 9.50 Å². The molecule has 0 radical (unpaired) electrons. The predicted molar refractivity (Wildman–Crippen MR) is 65.3 cm³/mol. The molecule has 1 aromatic carbocycles. The molecular formula is C13H17FN2O. The van der Waals surface area contributed by atoms with Crippen LogP contribution in [-0.4, -0.2) is 23.8 Å². The third-order valence-corrected chi connectivity index (χ3v) is 2.34. The Kier molecular flexibility index (Phi) is 4.08. The second-order valence-corrected chi connectivity index (χ2v) is 4.64. The van der Waals surface area contributed by atoms with Gasteiger partial charge in [0.15, 0.2) is 0 Å². The molecule has 0 aromatic heterocycles. The maximum atomic E-state index is 13.3. The molecule has 3 nitrogen and oxygen atoms in total. The number of halogens is 1. The van der Waals surface area contributed by atoms with Crippen molar-refractivity contribution in [2.75, 3.05) is 18.0 Å². The summed E-state index contributed by atoms with van der Waals surface area (Å²) >= 11 is 0. The molecule has 0 bridgehead atoms. The molecule has 0 aliphatic carbocycles. The van der Waals surface area contributed by atoms with Crippen LogP contribution in [0.25, 0.3) is 0 Å². The maximum Gasteiger partial charge on any atom is 0.126 e. The van der Waals surface area contributed by atoms with E-state index in [1.54, 1.807) is 19.9 Å². The van der Waals surface area contributed by atoms with Crippen molar-refractivity contribution >= 4 is 5.69 Å². The summed E-state index contributed by atoms with van der Waals surface area (Å²) in [6.07, 6.45) is 0. The lowest BCUT2D eigenvalue weighted by atomic mass is 10.1. The minimum atomic E-state index is -0.866. The summed E-state index contributed by atoms with van der Waals surface area (Å²) in [6.45, 7) is 6.33. The van der Waals surface area contributed by atoms with Crippen LogP contribution in [0.1, 0.15) is 26.3 Å². The fraction of sp³-hybridized carbons (Fsp3) is 0.462. The zero-order valence-corrected chi connectivity index (χ0v) is 10.4. The van der Waals surface area contributed by atoms with Crippen LogP contribution in [0.3, 0.4) is 0 Å². The molecule has 1 aromatic rings. The summed E-state index contributed by atoms with van der Waals surface area (Å²) in [6, 6.07) is 6.11. The van der Waals surface area contributed by atoms with Crippen molar-refractivity contribution in [1.82, 2.24) is 0 Å². The second kappa shape index (κ2) is 5.15. The van der Waals surface area contributed by atoms with Gasteiger partial charge in [0.2, 0.25) is 0 Å². The van der Waals surface area contributed by atoms with Crippen molar-refractivity contribution in [3.63, 3.8) is 0 Å². The SMILES string of the molecule is CCN(CC(C)(C)O)c1cc(F)cc(C#N)c1. The second-order valence-electron chi connectivity index (χ2n) is 4.64. The highest BCUT2D eigenvalue weighted by atomic mass is 19.1. The van der Waals surface area contributed by atoms with Gasteiger partial charge in [-0.2, -0.15) is 5.26 Å². The summed E-state index contributed by atoms with van der Waals surface area (Å²) < 4.78 is 13.3. The third-order valence-electron chi connectivity index (χ3n) is 2.34. The highest BCUT2D eigenvalue weighted by molar-refractivity contribution is 5.52. The Bertz CT molecular complexity index is 432. The Hall–Kier alpha value is -1.60. The smallest absolute Gasteiger partial charge is 0.126 e. The summed E-state index contributed by atoms with van der Waals surface area (Å²) in [5.74, 6) is -0.437. The van der Waals surface area contributed by atoms with Crippen LogP contribution in [0.2, 0.25) is 0 Å². The largest absolute Gasteiger partial charge is 0.389 e. The lowest BCUT2D eigenvalue weighted by Crippen LogP contribution is -2.38. The van der Waals surface area contributed by atoms with E-state index in [1.807, 2.05) is 17.9 Å². The molecule has 0 spiro atoms. The van der Waals surface area contributed by atoms with Gasteiger partial charge in [0.25, 0.3) is 0 Å². The lowest BCUT2D eigenvalue weighted by molar-refractivity contribution is 0.0876. The van der Waals surface area contributed by atoms with E-state index in [1.165, 1.54) is 12.1 Å². The fourth-order valence-electron chi connectivity index (χ4n) is 1.67. The molecule has 1 N–H and O–H groups in total. The maximum absolute atomic E-state index is 13.3. The number of hydrogen-bond acceptors (Lipinski definition) is 3. The number of nitrogens with zero attached hydrogens (tertiary/aromatic N) is 2. The zero-order valence-electron chi connectivity index (χ0n) is 10.4. The number of hydrogen-bond donors (Lipinski definition) is 1. The van der Waals surface area contributed by atoms with E-state index in [2.05, 4.69) is 0 Å². The molecule has 92 valence electrons. The standard InChI is InChI=1S/C13H17FN2O/c1-4-16(9-13(2,3)17)12-6-10(8-15)5-11(14)7-12/h5-7,17H,4,9H2,1-3H3. The molecule has 0 atom stereocenters. The highest BCUT2D eigenvalue weighted by Crippen LogP contribution is 2.20. The van der Waals surface area contributed by atoms with E-state index in [0.717, 1.165) is 0 Å². The van der Waals surface area contributed by atoms with Gasteiger partial charge >= 0.3 is 0 Å². The first kappa shape index (κ1) is 13.5. The molecule has 0 saturated heterocycles. The number of rotatable bonds is 4. The summed E-state index contributed by atoms with van der Waals surface area (Å²) in [4.78, 5) is 1.84. The van der Waals surface area contributed by atoms with Crippen LogP contribution in [0, 0.1) is 17.1 Å². The number of anilines is 1. The summed E-state index contributed by atoms with van der Waals surface area (Å²) in [7, 11) is 0. The van der Waals surface area contributed by atoms with Gasteiger partial charge in [-0.15, -0.1) is 0 Å². The summed E-state index contributed by atoms with van der Waals surface area (Å²) in [5, 5.41) is 18.6. The van der Waals surface area contributed by atoms with E-state index >= 15 is 0 Å². The van der Waals surface area contributed by atoms with Gasteiger partial charge in [-0.25, -0.2) is 4.39 Å². The molecule has 17 heavy (non-hydrogen) atoms. The average molecular weight is 236 g/mol. The monoisotopic (exact) mass is 236 g/mol. The van der Waals surface area contributed by atoms with Gasteiger partial charge in [0.05, 0.1) is 17.2 Å². The number of nitriles is 1. The van der Waals surface area contributed by atoms with Gasteiger partial charge in [-0.1, -0.05) is 0 Å². The van der Waals surface area contributed by atoms with Crippen molar-refractivity contribution in [3.8, 4) is 6.07 Å². The lowest BCUT2D eigenvalue weighted by Gasteiger charge is -2.30. The van der Waals surface area contributed by atoms with Crippen LogP contribution in [0.4, 0.5) is 10.1 Å². The van der Waals surface area contributed by atoms with Gasteiger partial charge in [-0.3, -0.25) is 0 Å². The van der Waals surface area contributed by atoms with Crippen LogP contribution in [0.15, 0.2) is 18.2 Å². The first-order valence-electron chi connectivity index (χ1n) is 5.53. The Morgan fingerprint density at radius 1 is 1.41 bits per heavy atom. The Balaban J connectivity index is 3.04. The third kappa shape index (κ3) is 4.04.